The Labute approximate surface area is 126 Å². The van der Waals surface area contributed by atoms with Gasteiger partial charge in [0.05, 0.1) is 22.6 Å². The van der Waals surface area contributed by atoms with Gasteiger partial charge in [-0.05, 0) is 12.8 Å². The van der Waals surface area contributed by atoms with Gasteiger partial charge in [0.15, 0.2) is 5.75 Å². The highest BCUT2D eigenvalue weighted by atomic mass is 35.5. The predicted octanol–water partition coefficient (Wildman–Crippen LogP) is 2.17. The minimum Gasteiger partial charge on any atom is -0.490 e. The van der Waals surface area contributed by atoms with E-state index in [9.17, 15) is 14.9 Å². The molecule has 114 valence electrons. The Morgan fingerprint density at radius 1 is 1.48 bits per heavy atom. The van der Waals surface area contributed by atoms with Crippen LogP contribution in [-0.2, 0) is 4.74 Å². The Bertz CT molecular complexity index is 558. The first-order valence-electron chi connectivity index (χ1n) is 6.43. The number of carbonyl (C=O) groups excluding carboxylic acids is 1. The summed E-state index contributed by atoms with van der Waals surface area (Å²) in [4.78, 5) is 22.5. The van der Waals surface area contributed by atoms with Gasteiger partial charge in [-0.1, -0.05) is 11.6 Å². The van der Waals surface area contributed by atoms with E-state index in [-0.39, 0.29) is 34.0 Å². The molecular formula is C13H15ClN2O5. The summed E-state index contributed by atoms with van der Waals surface area (Å²) in [5.41, 5.74) is -0.115. The van der Waals surface area contributed by atoms with Crippen molar-refractivity contribution in [1.29, 1.82) is 0 Å². The Morgan fingerprint density at radius 2 is 2.14 bits per heavy atom. The molecule has 0 atom stereocenters. The number of halogens is 1. The van der Waals surface area contributed by atoms with E-state index in [2.05, 4.69) is 5.32 Å². The zero-order valence-electron chi connectivity index (χ0n) is 11.4. The van der Waals surface area contributed by atoms with Crippen molar-refractivity contribution in [3.63, 3.8) is 0 Å². The summed E-state index contributed by atoms with van der Waals surface area (Å²) in [5.74, 6) is -0.373. The van der Waals surface area contributed by atoms with Crippen molar-refractivity contribution >= 4 is 23.2 Å². The largest absolute Gasteiger partial charge is 0.490 e. The van der Waals surface area contributed by atoms with Crippen molar-refractivity contribution in [2.75, 3.05) is 20.3 Å². The summed E-state index contributed by atoms with van der Waals surface area (Å²) >= 11 is 5.97. The average Bonchev–Trinajstić information content (AvgIpc) is 2.47. The second kappa shape index (κ2) is 6.73. The standard InChI is InChI=1S/C13H15ClN2O5/c1-20-12-6-9(10(14)7-11(12)16(18)19)13(17)15-8-2-4-21-5-3-8/h6-8H,2-5H2,1H3,(H,15,17). The van der Waals surface area contributed by atoms with Crippen LogP contribution in [0.2, 0.25) is 5.02 Å². The number of nitro groups is 1. The van der Waals surface area contributed by atoms with Crippen LogP contribution >= 0.6 is 11.6 Å². The van der Waals surface area contributed by atoms with Crippen LogP contribution in [0.3, 0.4) is 0 Å². The van der Waals surface area contributed by atoms with Crippen LogP contribution in [0.25, 0.3) is 0 Å². The molecule has 1 amide bonds. The SMILES string of the molecule is COc1cc(C(=O)NC2CCOCC2)c(Cl)cc1[N+](=O)[O-]. The number of ether oxygens (including phenoxy) is 2. The monoisotopic (exact) mass is 314 g/mol. The lowest BCUT2D eigenvalue weighted by molar-refractivity contribution is -0.385. The predicted molar refractivity (Wildman–Crippen MR) is 76.0 cm³/mol. The van der Waals surface area contributed by atoms with Crippen LogP contribution in [0.4, 0.5) is 5.69 Å². The molecule has 8 heteroatoms. The van der Waals surface area contributed by atoms with Crippen molar-refractivity contribution in [2.45, 2.75) is 18.9 Å². The molecule has 0 aromatic heterocycles. The van der Waals surface area contributed by atoms with E-state index in [1.54, 1.807) is 0 Å². The fourth-order valence-electron chi connectivity index (χ4n) is 2.13. The van der Waals surface area contributed by atoms with Crippen LogP contribution in [0, 0.1) is 10.1 Å². The fourth-order valence-corrected chi connectivity index (χ4v) is 2.37. The highest BCUT2D eigenvalue weighted by Gasteiger charge is 2.23. The maximum atomic E-state index is 12.2. The van der Waals surface area contributed by atoms with Crippen molar-refractivity contribution in [2.24, 2.45) is 0 Å². The Balaban J connectivity index is 2.22. The van der Waals surface area contributed by atoms with Crippen LogP contribution < -0.4 is 10.1 Å². The maximum Gasteiger partial charge on any atom is 0.312 e. The second-order valence-corrected chi connectivity index (χ2v) is 5.03. The third-order valence-corrected chi connectivity index (χ3v) is 3.58. The molecule has 0 aliphatic carbocycles. The van der Waals surface area contributed by atoms with Gasteiger partial charge in [-0.15, -0.1) is 0 Å². The molecule has 21 heavy (non-hydrogen) atoms. The van der Waals surface area contributed by atoms with Crippen molar-refractivity contribution in [1.82, 2.24) is 5.32 Å². The minimum atomic E-state index is -0.606. The van der Waals surface area contributed by atoms with Gasteiger partial charge >= 0.3 is 5.69 Å². The minimum absolute atomic E-state index is 0.00141. The highest BCUT2D eigenvalue weighted by Crippen LogP contribution is 2.33. The number of nitro benzene ring substituents is 1. The smallest absolute Gasteiger partial charge is 0.312 e. The Kier molecular flexibility index (Phi) is 4.98. The van der Waals surface area contributed by atoms with Crippen molar-refractivity contribution in [3.8, 4) is 5.75 Å². The number of nitrogens with zero attached hydrogens (tertiary/aromatic N) is 1. The van der Waals surface area contributed by atoms with Crippen LogP contribution in [0.1, 0.15) is 23.2 Å². The summed E-state index contributed by atoms with van der Waals surface area (Å²) in [7, 11) is 1.30. The Hall–Kier alpha value is -1.86. The van der Waals surface area contributed by atoms with Gasteiger partial charge in [0.25, 0.3) is 5.91 Å². The fraction of sp³-hybridized carbons (Fsp3) is 0.462. The zero-order chi connectivity index (χ0) is 15.4. The molecule has 1 aromatic carbocycles. The summed E-state index contributed by atoms with van der Waals surface area (Å²) in [5, 5.41) is 13.8. The van der Waals surface area contributed by atoms with Crippen LogP contribution in [-0.4, -0.2) is 37.2 Å². The molecular weight excluding hydrogens is 300 g/mol. The molecule has 1 aliphatic heterocycles. The third kappa shape index (κ3) is 3.62. The average molecular weight is 315 g/mol. The second-order valence-electron chi connectivity index (χ2n) is 4.62. The molecule has 1 aliphatic rings. The van der Waals surface area contributed by atoms with Crippen LogP contribution in [0.5, 0.6) is 5.75 Å². The van der Waals surface area contributed by atoms with E-state index in [1.807, 2.05) is 0 Å². The van der Waals surface area contributed by atoms with E-state index in [0.29, 0.717) is 13.2 Å². The van der Waals surface area contributed by atoms with Crippen LogP contribution in [0.15, 0.2) is 12.1 Å². The van der Waals surface area contributed by atoms with E-state index in [1.165, 1.54) is 13.2 Å². The molecule has 0 spiro atoms. The normalized spacial score (nSPS) is 15.5. The molecule has 1 fully saturated rings. The molecule has 7 nitrogen and oxygen atoms in total. The number of nitrogens with one attached hydrogen (secondary N) is 1. The number of methoxy groups -OCH3 is 1. The summed E-state index contributed by atoms with van der Waals surface area (Å²) in [6.07, 6.45) is 1.46. The van der Waals surface area contributed by atoms with Gasteiger partial charge in [0.2, 0.25) is 0 Å². The molecule has 2 rings (SSSR count). The van der Waals surface area contributed by atoms with E-state index in [4.69, 9.17) is 21.1 Å². The first-order chi connectivity index (χ1) is 10.0. The van der Waals surface area contributed by atoms with E-state index in [0.717, 1.165) is 18.9 Å². The summed E-state index contributed by atoms with van der Waals surface area (Å²) in [6, 6.07) is 2.43. The number of benzene rings is 1. The van der Waals surface area contributed by atoms with Gasteiger partial charge in [0, 0.05) is 31.4 Å². The number of rotatable bonds is 4. The quantitative estimate of drug-likeness (QED) is 0.679. The number of hydrogen-bond donors (Lipinski definition) is 1. The third-order valence-electron chi connectivity index (χ3n) is 3.27. The lowest BCUT2D eigenvalue weighted by Crippen LogP contribution is -2.39. The van der Waals surface area contributed by atoms with E-state index >= 15 is 0 Å². The summed E-state index contributed by atoms with van der Waals surface area (Å²) in [6.45, 7) is 1.20. The van der Waals surface area contributed by atoms with Crippen molar-refractivity contribution < 1.29 is 19.2 Å². The molecule has 0 bridgehead atoms. The molecule has 1 heterocycles. The lowest BCUT2D eigenvalue weighted by Gasteiger charge is -2.23. The maximum absolute atomic E-state index is 12.2. The molecule has 1 saturated heterocycles. The van der Waals surface area contributed by atoms with Gasteiger partial charge in [-0.2, -0.15) is 0 Å². The molecule has 0 saturated carbocycles. The number of amides is 1. The molecule has 0 unspecified atom stereocenters. The number of hydrogen-bond acceptors (Lipinski definition) is 5. The lowest BCUT2D eigenvalue weighted by atomic mass is 10.1. The van der Waals surface area contributed by atoms with E-state index < -0.39 is 4.92 Å². The first kappa shape index (κ1) is 15.5. The molecule has 1 N–H and O–H groups in total. The topological polar surface area (TPSA) is 90.7 Å². The number of carbonyl (C=O) groups is 1. The molecule has 0 radical (unpaired) electrons. The highest BCUT2D eigenvalue weighted by molar-refractivity contribution is 6.34. The summed E-state index contributed by atoms with van der Waals surface area (Å²) < 4.78 is 10.2. The van der Waals surface area contributed by atoms with Gasteiger partial charge in [-0.25, -0.2) is 0 Å². The zero-order valence-corrected chi connectivity index (χ0v) is 12.2. The first-order valence-corrected chi connectivity index (χ1v) is 6.81. The molecule has 1 aromatic rings. The van der Waals surface area contributed by atoms with Crippen molar-refractivity contribution in [3.05, 3.63) is 32.8 Å². The van der Waals surface area contributed by atoms with Gasteiger partial charge in [-0.3, -0.25) is 14.9 Å². The van der Waals surface area contributed by atoms with Gasteiger partial charge in [0.1, 0.15) is 0 Å². The van der Waals surface area contributed by atoms with Gasteiger partial charge < -0.3 is 14.8 Å². The Morgan fingerprint density at radius 3 is 2.71 bits per heavy atom.